The molecule has 154 valence electrons. The summed E-state index contributed by atoms with van der Waals surface area (Å²) in [4.78, 5) is 28.9. The first-order chi connectivity index (χ1) is 14.1. The molecule has 5 heteroatoms. The number of para-hydroxylation sites is 2. The molecule has 0 aliphatic carbocycles. The van der Waals surface area contributed by atoms with Crippen LogP contribution >= 0.6 is 0 Å². The fraction of sp³-hybridized carbons (Fsp3) is 0.417. The van der Waals surface area contributed by atoms with E-state index in [9.17, 15) is 9.59 Å². The van der Waals surface area contributed by atoms with Crippen molar-refractivity contribution in [3.05, 3.63) is 60.2 Å². The van der Waals surface area contributed by atoms with Crippen LogP contribution in [0.4, 0.5) is 11.4 Å². The molecule has 2 amide bonds. The average molecular weight is 394 g/mol. The Hall–Kier alpha value is -2.66. The Labute approximate surface area is 173 Å². The van der Waals surface area contributed by atoms with Crippen LogP contribution in [0.2, 0.25) is 0 Å². The number of amides is 2. The summed E-state index contributed by atoms with van der Waals surface area (Å²) in [6, 6.07) is 18.3. The molecule has 0 spiro atoms. The van der Waals surface area contributed by atoms with Crippen molar-refractivity contribution in [3.8, 4) is 0 Å². The lowest BCUT2D eigenvalue weighted by atomic mass is 10.0. The molecule has 0 radical (unpaired) electrons. The number of nitrogens with zero attached hydrogens (tertiary/aromatic N) is 2. The number of benzene rings is 2. The summed E-state index contributed by atoms with van der Waals surface area (Å²) in [6.07, 6.45) is 3.38. The van der Waals surface area contributed by atoms with E-state index in [1.807, 2.05) is 42.2 Å². The van der Waals surface area contributed by atoms with Crippen molar-refractivity contribution in [2.45, 2.75) is 45.6 Å². The van der Waals surface area contributed by atoms with Gasteiger partial charge in [-0.15, -0.1) is 0 Å². The number of nitrogens with one attached hydrogen (secondary N) is 1. The molecule has 0 bridgehead atoms. The highest BCUT2D eigenvalue weighted by Crippen LogP contribution is 2.31. The maximum Gasteiger partial charge on any atom is 0.227 e. The van der Waals surface area contributed by atoms with Gasteiger partial charge >= 0.3 is 0 Å². The van der Waals surface area contributed by atoms with Gasteiger partial charge in [0, 0.05) is 39.0 Å². The molecule has 29 heavy (non-hydrogen) atoms. The largest absolute Gasteiger partial charge is 0.325 e. The fourth-order valence-corrected chi connectivity index (χ4v) is 4.02. The van der Waals surface area contributed by atoms with Gasteiger partial charge in [0.05, 0.1) is 11.4 Å². The molecule has 5 nitrogen and oxygen atoms in total. The zero-order chi connectivity index (χ0) is 20.6. The van der Waals surface area contributed by atoms with E-state index in [4.69, 9.17) is 0 Å². The van der Waals surface area contributed by atoms with Crippen LogP contribution in [0.3, 0.4) is 0 Å². The van der Waals surface area contributed by atoms with Gasteiger partial charge in [0.2, 0.25) is 11.8 Å². The van der Waals surface area contributed by atoms with Crippen LogP contribution in [-0.2, 0) is 16.0 Å². The quantitative estimate of drug-likeness (QED) is 0.771. The number of carbonyl (C=O) groups excluding carboxylic acids is 2. The summed E-state index contributed by atoms with van der Waals surface area (Å²) in [5.41, 5.74) is 2.87. The Morgan fingerprint density at radius 1 is 1.03 bits per heavy atom. The second kappa shape index (κ2) is 10.2. The predicted octanol–water partition coefficient (Wildman–Crippen LogP) is 4.10. The third-order valence-electron chi connectivity index (χ3n) is 5.53. The lowest BCUT2D eigenvalue weighted by molar-refractivity contribution is -0.119. The Bertz CT molecular complexity index is 814. The van der Waals surface area contributed by atoms with Crippen LogP contribution < -0.4 is 10.2 Å². The number of anilines is 2. The Kier molecular flexibility index (Phi) is 7.42. The maximum absolute atomic E-state index is 12.8. The topological polar surface area (TPSA) is 52.7 Å². The molecule has 0 unspecified atom stereocenters. The molecule has 2 aromatic rings. The van der Waals surface area contributed by atoms with E-state index in [1.54, 1.807) is 0 Å². The number of hydrogen-bond donors (Lipinski definition) is 1. The van der Waals surface area contributed by atoms with Crippen LogP contribution in [0.5, 0.6) is 0 Å². The molecule has 2 aromatic carbocycles. The summed E-state index contributed by atoms with van der Waals surface area (Å²) in [7, 11) is 0. The maximum atomic E-state index is 12.8. The van der Waals surface area contributed by atoms with Gasteiger partial charge in [-0.3, -0.25) is 9.59 Å². The van der Waals surface area contributed by atoms with Crippen molar-refractivity contribution in [2.24, 2.45) is 0 Å². The van der Waals surface area contributed by atoms with Gasteiger partial charge in [0.1, 0.15) is 0 Å². The van der Waals surface area contributed by atoms with Gasteiger partial charge in [0.15, 0.2) is 0 Å². The number of piperidine rings is 1. The number of hydrogen-bond acceptors (Lipinski definition) is 3. The lowest BCUT2D eigenvalue weighted by Crippen LogP contribution is -2.48. The second-order valence-corrected chi connectivity index (χ2v) is 7.62. The standard InChI is InChI=1S/C24H31N3O2/c1-3-24(29)27(23-12-8-7-11-22(23)25-19(2)28)21-14-17-26(18-15-21)16-13-20-9-5-4-6-10-20/h4-12,21H,3,13-18H2,1-2H3,(H,25,28). The lowest BCUT2D eigenvalue weighted by Gasteiger charge is -2.39. The van der Waals surface area contributed by atoms with Crippen LogP contribution in [0.15, 0.2) is 54.6 Å². The molecule has 0 saturated carbocycles. The third-order valence-corrected chi connectivity index (χ3v) is 5.53. The molecule has 0 atom stereocenters. The molecule has 1 N–H and O–H groups in total. The highest BCUT2D eigenvalue weighted by atomic mass is 16.2. The molecule has 3 rings (SSSR count). The Morgan fingerprint density at radius 3 is 2.34 bits per heavy atom. The van der Waals surface area contributed by atoms with E-state index >= 15 is 0 Å². The van der Waals surface area contributed by atoms with Crippen molar-refractivity contribution in [1.82, 2.24) is 4.90 Å². The van der Waals surface area contributed by atoms with Gasteiger partial charge in [-0.25, -0.2) is 0 Å². The molecule has 1 fully saturated rings. The van der Waals surface area contributed by atoms with Crippen LogP contribution in [0.25, 0.3) is 0 Å². The van der Waals surface area contributed by atoms with E-state index in [0.29, 0.717) is 12.1 Å². The second-order valence-electron chi connectivity index (χ2n) is 7.62. The molecule has 1 saturated heterocycles. The highest BCUT2D eigenvalue weighted by molar-refractivity contribution is 6.00. The van der Waals surface area contributed by atoms with Crippen molar-refractivity contribution in [3.63, 3.8) is 0 Å². The minimum atomic E-state index is -0.128. The van der Waals surface area contributed by atoms with Gasteiger partial charge in [0.25, 0.3) is 0 Å². The minimum Gasteiger partial charge on any atom is -0.325 e. The van der Waals surface area contributed by atoms with Gasteiger partial charge in [-0.05, 0) is 37.0 Å². The molecule has 1 aliphatic heterocycles. The van der Waals surface area contributed by atoms with Crippen LogP contribution in [0.1, 0.15) is 38.7 Å². The van der Waals surface area contributed by atoms with Gasteiger partial charge in [-0.1, -0.05) is 49.4 Å². The smallest absolute Gasteiger partial charge is 0.227 e. The van der Waals surface area contributed by atoms with Gasteiger partial charge < -0.3 is 15.1 Å². The van der Waals surface area contributed by atoms with Crippen molar-refractivity contribution in [1.29, 1.82) is 0 Å². The molecular weight excluding hydrogens is 362 g/mol. The predicted molar refractivity (Wildman–Crippen MR) is 118 cm³/mol. The molecule has 1 heterocycles. The summed E-state index contributed by atoms with van der Waals surface area (Å²) in [5, 5.41) is 2.88. The van der Waals surface area contributed by atoms with Crippen molar-refractivity contribution >= 4 is 23.2 Å². The van der Waals surface area contributed by atoms with Crippen molar-refractivity contribution < 1.29 is 9.59 Å². The van der Waals surface area contributed by atoms with Gasteiger partial charge in [-0.2, -0.15) is 0 Å². The number of rotatable bonds is 7. The Balaban J connectivity index is 1.67. The summed E-state index contributed by atoms with van der Waals surface area (Å²) in [6.45, 7) is 6.39. The minimum absolute atomic E-state index is 0.102. The van der Waals surface area contributed by atoms with Crippen molar-refractivity contribution in [2.75, 3.05) is 29.9 Å². The Morgan fingerprint density at radius 2 is 1.69 bits per heavy atom. The first-order valence-electron chi connectivity index (χ1n) is 10.5. The summed E-state index contributed by atoms with van der Waals surface area (Å²) in [5.74, 6) is -0.0254. The molecule has 0 aromatic heterocycles. The van der Waals surface area contributed by atoms with E-state index in [2.05, 4.69) is 34.5 Å². The molecule has 1 aliphatic rings. The zero-order valence-electron chi connectivity index (χ0n) is 17.4. The SMILES string of the molecule is CCC(=O)N(c1ccccc1NC(C)=O)C1CCN(CCc2ccccc2)CC1. The van der Waals surface area contributed by atoms with Crippen LogP contribution in [0, 0.1) is 0 Å². The first kappa shape index (κ1) is 21.1. The zero-order valence-corrected chi connectivity index (χ0v) is 17.4. The average Bonchev–Trinajstić information content (AvgIpc) is 2.74. The van der Waals surface area contributed by atoms with E-state index in [0.717, 1.165) is 44.6 Å². The van der Waals surface area contributed by atoms with E-state index in [-0.39, 0.29) is 17.9 Å². The van der Waals surface area contributed by atoms with E-state index in [1.165, 1.54) is 12.5 Å². The monoisotopic (exact) mass is 393 g/mol. The molecular formula is C24H31N3O2. The normalized spacial score (nSPS) is 15.1. The number of carbonyl (C=O) groups is 2. The number of likely N-dealkylation sites (tertiary alicyclic amines) is 1. The summed E-state index contributed by atoms with van der Waals surface area (Å²) < 4.78 is 0. The van der Waals surface area contributed by atoms with Crippen LogP contribution in [-0.4, -0.2) is 42.4 Å². The first-order valence-corrected chi connectivity index (χ1v) is 10.5. The highest BCUT2D eigenvalue weighted by Gasteiger charge is 2.29. The summed E-state index contributed by atoms with van der Waals surface area (Å²) >= 11 is 0. The third kappa shape index (κ3) is 5.67. The fourth-order valence-electron chi connectivity index (χ4n) is 4.02. The van der Waals surface area contributed by atoms with E-state index < -0.39 is 0 Å².